The van der Waals surface area contributed by atoms with Crippen LogP contribution in [-0.4, -0.2) is 38.7 Å². The van der Waals surface area contributed by atoms with E-state index >= 15 is 0 Å². The van der Waals surface area contributed by atoms with E-state index in [0.717, 1.165) is 22.0 Å². The summed E-state index contributed by atoms with van der Waals surface area (Å²) >= 11 is 6.76. The number of hydrogen-bond donors (Lipinski definition) is 3. The van der Waals surface area contributed by atoms with Crippen LogP contribution in [0.3, 0.4) is 0 Å². The minimum absolute atomic E-state index is 0.0322. The van der Waals surface area contributed by atoms with E-state index in [9.17, 15) is 27.7 Å². The third-order valence-electron chi connectivity index (χ3n) is 4.88. The molecular weight excluding hydrogens is 546 g/mol. The number of aromatic hydroxyl groups is 1. The van der Waals surface area contributed by atoms with Crippen LogP contribution in [0.4, 0.5) is 16.5 Å². The zero-order valence-corrected chi connectivity index (χ0v) is 20.3. The first kappa shape index (κ1) is 25.5. The number of fused-ring (bicyclic) bond motifs is 1. The number of aromatic nitrogens is 2. The zero-order valence-electron chi connectivity index (χ0n) is 17.9. The molecule has 0 radical (unpaired) electrons. The molecule has 0 aliphatic rings. The molecule has 15 heteroatoms. The molecule has 4 aromatic rings. The van der Waals surface area contributed by atoms with Crippen LogP contribution >= 0.6 is 22.9 Å². The number of thiazole rings is 1. The Labute approximate surface area is 216 Å². The topological polar surface area (TPSA) is 176 Å². The largest absolute Gasteiger partial charge is 0.502 e. The van der Waals surface area contributed by atoms with Gasteiger partial charge in [-0.15, -0.1) is 16.7 Å². The Bertz CT molecular complexity index is 1900. The minimum Gasteiger partial charge on any atom is -0.502 e. The van der Waals surface area contributed by atoms with Gasteiger partial charge in [-0.2, -0.15) is 8.42 Å². The maximum Gasteiger partial charge on any atom is 0.335 e. The van der Waals surface area contributed by atoms with E-state index in [1.54, 1.807) is 0 Å². The Hall–Kier alpha value is -4.60. The molecule has 0 bridgehead atoms. The number of azo groups is 1. The van der Waals surface area contributed by atoms with Crippen molar-refractivity contribution in [1.82, 2.24) is 9.55 Å². The fourth-order valence-electron chi connectivity index (χ4n) is 3.22. The van der Waals surface area contributed by atoms with E-state index in [1.807, 2.05) is 0 Å². The zero-order chi connectivity index (χ0) is 27.1. The summed E-state index contributed by atoms with van der Waals surface area (Å²) in [5.41, 5.74) is -2.05. The molecular formula is C22H10ClN5O7S2. The van der Waals surface area contributed by atoms with Gasteiger partial charge in [-0.25, -0.2) is 14.6 Å². The van der Waals surface area contributed by atoms with E-state index in [-0.39, 0.29) is 37.2 Å². The van der Waals surface area contributed by atoms with Crippen LogP contribution in [-0.2, 0) is 10.1 Å². The second-order valence-corrected chi connectivity index (χ2v) is 9.87. The summed E-state index contributed by atoms with van der Waals surface area (Å²) in [4.78, 5) is 31.2. The lowest BCUT2D eigenvalue weighted by atomic mass is 10.1. The summed E-state index contributed by atoms with van der Waals surface area (Å²) in [6.45, 7) is 7.42. The number of carbonyl (C=O) groups is 1. The van der Waals surface area contributed by atoms with Gasteiger partial charge >= 0.3 is 5.97 Å². The van der Waals surface area contributed by atoms with E-state index in [0.29, 0.717) is 0 Å². The molecule has 0 aliphatic carbocycles. The predicted octanol–water partition coefficient (Wildman–Crippen LogP) is 4.70. The van der Waals surface area contributed by atoms with Gasteiger partial charge in [-0.3, -0.25) is 13.9 Å². The van der Waals surface area contributed by atoms with Crippen molar-refractivity contribution in [2.75, 3.05) is 0 Å². The molecule has 12 nitrogen and oxygen atoms in total. The number of nitrogens with zero attached hydrogens (tertiary/aromatic N) is 5. The quantitative estimate of drug-likeness (QED) is 0.137. The Morgan fingerprint density at radius 2 is 1.92 bits per heavy atom. The third-order valence-corrected chi connectivity index (χ3v) is 7.10. The molecule has 184 valence electrons. The van der Waals surface area contributed by atoms with Crippen LogP contribution < -0.4 is 5.56 Å². The summed E-state index contributed by atoms with van der Waals surface area (Å²) in [5.74, 6) is 0.165. The third kappa shape index (κ3) is 4.65. The molecule has 0 spiro atoms. The Balaban J connectivity index is 1.88. The maximum atomic E-state index is 13.3. The summed E-state index contributed by atoms with van der Waals surface area (Å²) in [6, 6.07) is 7.20. The van der Waals surface area contributed by atoms with Crippen LogP contribution in [0.1, 0.15) is 15.9 Å². The van der Waals surface area contributed by atoms with Gasteiger partial charge in [0.25, 0.3) is 21.4 Å². The van der Waals surface area contributed by atoms with Gasteiger partial charge < -0.3 is 10.2 Å². The fourth-order valence-corrected chi connectivity index (χ4v) is 5.12. The first-order valence-electron chi connectivity index (χ1n) is 9.65. The molecule has 3 N–H and O–H groups in total. The molecule has 2 aromatic carbocycles. The normalized spacial score (nSPS) is 11.5. The van der Waals surface area contributed by atoms with Crippen LogP contribution in [0.15, 0.2) is 56.3 Å². The number of hydrogen-bond acceptors (Lipinski definition) is 9. The van der Waals surface area contributed by atoms with Crippen molar-refractivity contribution in [3.8, 4) is 23.9 Å². The Morgan fingerprint density at radius 3 is 2.49 bits per heavy atom. The second kappa shape index (κ2) is 9.45. The summed E-state index contributed by atoms with van der Waals surface area (Å²) in [7, 11) is -4.59. The molecule has 2 aromatic heterocycles. The number of carboxylic acids is 1. The number of aromatic carboxylic acids is 1. The number of halogens is 1. The lowest BCUT2D eigenvalue weighted by Crippen LogP contribution is -2.19. The van der Waals surface area contributed by atoms with Crippen LogP contribution in [0.25, 0.3) is 20.7 Å². The number of rotatable bonds is 5. The van der Waals surface area contributed by atoms with Gasteiger partial charge in [-0.1, -0.05) is 28.9 Å². The monoisotopic (exact) mass is 555 g/mol. The molecule has 2 heterocycles. The second-order valence-electron chi connectivity index (χ2n) is 7.07. The van der Waals surface area contributed by atoms with Crippen LogP contribution in [0.2, 0.25) is 5.02 Å². The number of terminal acetylenes is 1. The first-order valence-corrected chi connectivity index (χ1v) is 12.3. The highest BCUT2D eigenvalue weighted by atomic mass is 35.5. The fraction of sp³-hybridized carbons (Fsp3) is 0. The van der Waals surface area contributed by atoms with Crippen molar-refractivity contribution in [2.45, 2.75) is 4.90 Å². The van der Waals surface area contributed by atoms with Gasteiger partial charge in [-0.05, 0) is 36.4 Å². The van der Waals surface area contributed by atoms with E-state index < -0.39 is 43.8 Å². The number of pyridine rings is 1. The summed E-state index contributed by atoms with van der Waals surface area (Å²) in [6.07, 6.45) is 5.48. The van der Waals surface area contributed by atoms with Gasteiger partial charge in [0.1, 0.15) is 4.90 Å². The van der Waals surface area contributed by atoms with E-state index in [2.05, 4.69) is 26.0 Å². The van der Waals surface area contributed by atoms with Crippen molar-refractivity contribution >= 4 is 65.7 Å². The van der Waals surface area contributed by atoms with Crippen molar-refractivity contribution in [3.05, 3.63) is 74.3 Å². The van der Waals surface area contributed by atoms with E-state index in [1.165, 1.54) is 30.3 Å². The summed E-state index contributed by atoms with van der Waals surface area (Å²) < 4.78 is 33.3. The molecule has 0 aliphatic heterocycles. The van der Waals surface area contributed by atoms with Gasteiger partial charge in [0.05, 0.1) is 38.6 Å². The lowest BCUT2D eigenvalue weighted by Gasteiger charge is -2.13. The lowest BCUT2D eigenvalue weighted by molar-refractivity contribution is 0.0697. The maximum absolute atomic E-state index is 13.3. The van der Waals surface area contributed by atoms with Crippen molar-refractivity contribution in [1.29, 1.82) is 0 Å². The molecule has 0 amide bonds. The standard InChI is InChI=1S/C22H10ClN5O7S2/c1-3-12-17(24-2)19(29)28(11-6-4-10(5-7-11)21(31)32)20(30)18(12)26-27-22-25-14-8-13(23)16(37(33,34)35)9-15(14)36-22/h1,4-9,29H,(H,31,32)(H,33,34,35). The average Bonchev–Trinajstić information content (AvgIpc) is 3.23. The van der Waals surface area contributed by atoms with E-state index in [4.69, 9.17) is 29.7 Å². The molecule has 4 rings (SSSR count). The van der Waals surface area contributed by atoms with Gasteiger partial charge in [0.2, 0.25) is 11.0 Å². The average molecular weight is 556 g/mol. The van der Waals surface area contributed by atoms with Crippen molar-refractivity contribution < 1.29 is 28.0 Å². The van der Waals surface area contributed by atoms with Crippen LogP contribution in [0, 0.1) is 18.9 Å². The summed E-state index contributed by atoms with van der Waals surface area (Å²) in [5, 5.41) is 27.1. The van der Waals surface area contributed by atoms with Crippen LogP contribution in [0.5, 0.6) is 5.88 Å². The minimum atomic E-state index is -4.59. The highest BCUT2D eigenvalue weighted by Crippen LogP contribution is 2.38. The smallest absolute Gasteiger partial charge is 0.335 e. The molecule has 0 atom stereocenters. The molecule has 0 saturated carbocycles. The molecule has 0 fully saturated rings. The highest BCUT2D eigenvalue weighted by Gasteiger charge is 2.23. The molecule has 0 saturated heterocycles. The van der Waals surface area contributed by atoms with Crippen molar-refractivity contribution in [2.24, 2.45) is 10.2 Å². The number of carboxylic acid groups (broad SMARTS) is 1. The Kier molecular flexibility index (Phi) is 6.51. The van der Waals surface area contributed by atoms with Gasteiger partial charge in [0, 0.05) is 0 Å². The SMILES string of the molecule is [C-]#[N+]c1c(C#C)c(N=Nc2nc3cc(Cl)c(S(=O)(=O)O)cc3s2)c(=O)n(-c2ccc(C(=O)O)cc2)c1O. The first-order chi connectivity index (χ1) is 17.5. The van der Waals surface area contributed by atoms with Crippen molar-refractivity contribution in [3.63, 3.8) is 0 Å². The predicted molar refractivity (Wildman–Crippen MR) is 133 cm³/mol. The molecule has 0 unspecified atom stereocenters. The molecule has 37 heavy (non-hydrogen) atoms. The number of benzene rings is 2. The van der Waals surface area contributed by atoms with Gasteiger partial charge in [0.15, 0.2) is 5.69 Å². The highest BCUT2D eigenvalue weighted by molar-refractivity contribution is 7.86. The Morgan fingerprint density at radius 1 is 1.24 bits per heavy atom.